The molecule has 5 heteroatoms. The summed E-state index contributed by atoms with van der Waals surface area (Å²) in [5, 5.41) is 8.95. The van der Waals surface area contributed by atoms with Gasteiger partial charge in [-0.1, -0.05) is 17.7 Å². The van der Waals surface area contributed by atoms with E-state index in [9.17, 15) is 4.79 Å². The maximum Gasteiger partial charge on any atom is 0.415 e. The molecule has 0 aliphatic carbocycles. The first kappa shape index (κ1) is 14.2. The summed E-state index contributed by atoms with van der Waals surface area (Å²) in [6.07, 6.45) is 1.29. The van der Waals surface area contributed by atoms with Crippen molar-refractivity contribution in [1.29, 1.82) is 0 Å². The van der Waals surface area contributed by atoms with Crippen molar-refractivity contribution < 1.29 is 14.6 Å². The number of nitrogens with zero attached hydrogens (tertiary/aromatic N) is 1. The van der Waals surface area contributed by atoms with E-state index in [-0.39, 0.29) is 5.75 Å². The summed E-state index contributed by atoms with van der Waals surface area (Å²) in [5.74, 6) is 2.64. The van der Waals surface area contributed by atoms with Crippen LogP contribution in [0.15, 0.2) is 18.2 Å². The van der Waals surface area contributed by atoms with E-state index in [1.165, 1.54) is 4.90 Å². The first-order chi connectivity index (χ1) is 8.63. The molecule has 0 saturated carbocycles. The Labute approximate surface area is 111 Å². The highest BCUT2D eigenvalue weighted by Gasteiger charge is 2.15. The van der Waals surface area contributed by atoms with Gasteiger partial charge in [-0.15, -0.1) is 0 Å². The molecule has 0 heterocycles. The van der Waals surface area contributed by atoms with Crippen LogP contribution < -0.4 is 4.74 Å². The van der Waals surface area contributed by atoms with Gasteiger partial charge in [-0.25, -0.2) is 4.79 Å². The zero-order chi connectivity index (χ0) is 13.5. The third-order valence-corrected chi connectivity index (χ3v) is 2.69. The maximum absolute atomic E-state index is 11.8. The van der Waals surface area contributed by atoms with E-state index in [2.05, 4.69) is 5.92 Å². The summed E-state index contributed by atoms with van der Waals surface area (Å²) >= 11 is 5.92. The molecule has 1 rings (SSSR count). The van der Waals surface area contributed by atoms with Gasteiger partial charge in [0.15, 0.2) is 0 Å². The fourth-order valence-electron chi connectivity index (χ4n) is 1.41. The quantitative estimate of drug-likeness (QED) is 0.857. The van der Waals surface area contributed by atoms with Crippen molar-refractivity contribution in [3.63, 3.8) is 0 Å². The van der Waals surface area contributed by atoms with Gasteiger partial charge in [0.05, 0.1) is 10.6 Å². The molecule has 1 aromatic carbocycles. The van der Waals surface area contributed by atoms with Crippen LogP contribution in [-0.2, 0) is 0 Å². The Bertz CT molecular complexity index is 487. The number of carbonyl (C=O) groups excluding carboxylic acids is 1. The van der Waals surface area contributed by atoms with E-state index in [1.807, 2.05) is 13.8 Å². The lowest BCUT2D eigenvalue weighted by atomic mass is 10.2. The highest BCUT2D eigenvalue weighted by Crippen LogP contribution is 2.25. The zero-order valence-corrected chi connectivity index (χ0v) is 11.0. The number of hydrogen-bond acceptors (Lipinski definition) is 3. The van der Waals surface area contributed by atoms with Gasteiger partial charge in [0, 0.05) is 13.1 Å². The monoisotopic (exact) mass is 267 g/mol. The van der Waals surface area contributed by atoms with Gasteiger partial charge in [-0.05, 0) is 31.9 Å². The SMILES string of the molecule is CCN(CC)C(=O)Oc1cccc(Cl)c1C#CO. The van der Waals surface area contributed by atoms with Gasteiger partial charge in [0.1, 0.15) is 11.9 Å². The van der Waals surface area contributed by atoms with Gasteiger partial charge >= 0.3 is 6.09 Å². The minimum absolute atomic E-state index is 0.237. The van der Waals surface area contributed by atoms with Gasteiger partial charge in [0.25, 0.3) is 0 Å². The van der Waals surface area contributed by atoms with Crippen LogP contribution in [0.2, 0.25) is 5.02 Å². The summed E-state index contributed by atoms with van der Waals surface area (Å²) in [5.41, 5.74) is 0.294. The number of aliphatic hydroxyl groups is 1. The first-order valence-corrected chi connectivity index (χ1v) is 5.92. The molecule has 0 unspecified atom stereocenters. The minimum Gasteiger partial charge on any atom is -0.462 e. The van der Waals surface area contributed by atoms with Crippen molar-refractivity contribution in [3.8, 4) is 17.8 Å². The predicted molar refractivity (Wildman–Crippen MR) is 69.2 cm³/mol. The molecular weight excluding hydrogens is 254 g/mol. The Morgan fingerprint density at radius 2 is 2.11 bits per heavy atom. The second-order valence-electron chi connectivity index (χ2n) is 3.39. The van der Waals surface area contributed by atoms with E-state index in [0.29, 0.717) is 23.7 Å². The van der Waals surface area contributed by atoms with Gasteiger partial charge in [-0.3, -0.25) is 0 Å². The number of rotatable bonds is 3. The van der Waals surface area contributed by atoms with Crippen LogP contribution in [0, 0.1) is 12.0 Å². The molecule has 4 nitrogen and oxygen atoms in total. The maximum atomic E-state index is 11.8. The fraction of sp³-hybridized carbons (Fsp3) is 0.308. The lowest BCUT2D eigenvalue weighted by Gasteiger charge is -2.18. The Balaban J connectivity index is 2.99. The smallest absolute Gasteiger partial charge is 0.415 e. The average molecular weight is 268 g/mol. The number of amides is 1. The van der Waals surface area contributed by atoms with Crippen LogP contribution in [0.5, 0.6) is 5.75 Å². The largest absolute Gasteiger partial charge is 0.462 e. The van der Waals surface area contributed by atoms with Crippen molar-refractivity contribution in [2.75, 3.05) is 13.1 Å². The van der Waals surface area contributed by atoms with Crippen LogP contribution in [0.3, 0.4) is 0 Å². The highest BCUT2D eigenvalue weighted by molar-refractivity contribution is 6.32. The Morgan fingerprint density at radius 1 is 1.44 bits per heavy atom. The number of halogens is 1. The van der Waals surface area contributed by atoms with Crippen molar-refractivity contribution in [2.45, 2.75) is 13.8 Å². The summed E-state index contributed by atoms with van der Waals surface area (Å²) in [4.78, 5) is 13.3. The third-order valence-electron chi connectivity index (χ3n) is 2.38. The Morgan fingerprint density at radius 3 is 2.67 bits per heavy atom. The van der Waals surface area contributed by atoms with Crippen LogP contribution in [0.4, 0.5) is 4.79 Å². The molecule has 0 aromatic heterocycles. The van der Waals surface area contributed by atoms with Crippen LogP contribution >= 0.6 is 11.6 Å². The van der Waals surface area contributed by atoms with Crippen LogP contribution in [0.1, 0.15) is 19.4 Å². The third kappa shape index (κ3) is 3.31. The number of carbonyl (C=O) groups is 1. The van der Waals surface area contributed by atoms with Crippen molar-refractivity contribution in [3.05, 3.63) is 28.8 Å². The predicted octanol–water partition coefficient (Wildman–Crippen LogP) is 2.86. The highest BCUT2D eigenvalue weighted by atomic mass is 35.5. The lowest BCUT2D eigenvalue weighted by molar-refractivity contribution is 0.157. The molecule has 0 bridgehead atoms. The normalized spacial score (nSPS) is 9.28. The molecular formula is C13H14ClNO3. The summed E-state index contributed by atoms with van der Waals surface area (Å²) in [6.45, 7) is 4.82. The number of hydrogen-bond donors (Lipinski definition) is 1. The molecule has 0 atom stereocenters. The van der Waals surface area contributed by atoms with Gasteiger partial charge in [0.2, 0.25) is 0 Å². The zero-order valence-electron chi connectivity index (χ0n) is 10.2. The lowest BCUT2D eigenvalue weighted by Crippen LogP contribution is -2.33. The van der Waals surface area contributed by atoms with E-state index >= 15 is 0 Å². The van der Waals surface area contributed by atoms with E-state index in [0.717, 1.165) is 0 Å². The summed E-state index contributed by atoms with van der Waals surface area (Å²) < 4.78 is 5.21. The first-order valence-electron chi connectivity index (χ1n) is 5.54. The topological polar surface area (TPSA) is 49.8 Å². The molecule has 0 aliphatic rings. The molecule has 0 radical (unpaired) electrons. The van der Waals surface area contributed by atoms with Gasteiger partial charge in [-0.2, -0.15) is 0 Å². The van der Waals surface area contributed by atoms with E-state index < -0.39 is 6.09 Å². The fourth-order valence-corrected chi connectivity index (χ4v) is 1.62. The average Bonchev–Trinajstić information content (AvgIpc) is 2.35. The summed E-state index contributed by atoms with van der Waals surface area (Å²) in [7, 11) is 0. The molecule has 0 aliphatic heterocycles. The standard InChI is InChI=1S/C13H14ClNO3/c1-3-15(4-2)13(17)18-12-7-5-6-11(14)10(12)8-9-16/h5-7,16H,3-4H2,1-2H3. The van der Waals surface area contributed by atoms with Crippen molar-refractivity contribution in [1.82, 2.24) is 4.90 Å². The van der Waals surface area contributed by atoms with Crippen molar-refractivity contribution in [2.24, 2.45) is 0 Å². The number of aliphatic hydroxyl groups excluding tert-OH is 1. The summed E-state index contributed by atoms with van der Waals surface area (Å²) in [6, 6.07) is 4.83. The van der Waals surface area contributed by atoms with E-state index in [1.54, 1.807) is 24.3 Å². The second kappa shape index (κ2) is 6.77. The van der Waals surface area contributed by atoms with E-state index in [4.69, 9.17) is 21.4 Å². The minimum atomic E-state index is -0.469. The Hall–Kier alpha value is -1.86. The molecule has 96 valence electrons. The van der Waals surface area contributed by atoms with Gasteiger partial charge < -0.3 is 14.7 Å². The molecule has 18 heavy (non-hydrogen) atoms. The number of benzene rings is 1. The molecule has 1 N–H and O–H groups in total. The molecule has 0 saturated heterocycles. The molecule has 0 fully saturated rings. The second-order valence-corrected chi connectivity index (χ2v) is 3.80. The number of ether oxygens (including phenoxy) is 1. The Kier molecular flexibility index (Phi) is 5.34. The molecule has 1 amide bonds. The molecule has 0 spiro atoms. The van der Waals surface area contributed by atoms with Crippen molar-refractivity contribution >= 4 is 17.7 Å². The molecule has 1 aromatic rings. The van der Waals surface area contributed by atoms with Crippen LogP contribution in [0.25, 0.3) is 0 Å². The van der Waals surface area contributed by atoms with Crippen LogP contribution in [-0.4, -0.2) is 29.2 Å².